The van der Waals surface area contributed by atoms with Gasteiger partial charge in [-0.05, 0) is 39.3 Å². The van der Waals surface area contributed by atoms with Gasteiger partial charge in [0.05, 0.1) is 6.04 Å². The molecule has 0 spiro atoms. The number of hydrogen-bond acceptors (Lipinski definition) is 3. The van der Waals surface area contributed by atoms with E-state index in [2.05, 4.69) is 19.8 Å². The van der Waals surface area contributed by atoms with Crippen molar-refractivity contribution in [3.63, 3.8) is 0 Å². The molecule has 1 N–H and O–H groups in total. The van der Waals surface area contributed by atoms with Gasteiger partial charge in [0.15, 0.2) is 0 Å². The number of nitrogens with zero attached hydrogens (tertiary/aromatic N) is 3. The van der Waals surface area contributed by atoms with E-state index >= 15 is 0 Å². The maximum Gasteiger partial charge on any atom is 0.237 e. The van der Waals surface area contributed by atoms with Crippen molar-refractivity contribution in [2.45, 2.75) is 64.1 Å². The highest BCUT2D eigenvalue weighted by Crippen LogP contribution is 2.15. The van der Waals surface area contributed by atoms with Crippen molar-refractivity contribution in [3.05, 3.63) is 18.2 Å². The quantitative estimate of drug-likeness (QED) is 0.919. The number of hydrogen-bond donors (Lipinski definition) is 1. The van der Waals surface area contributed by atoms with Gasteiger partial charge in [0.1, 0.15) is 5.82 Å². The van der Waals surface area contributed by atoms with E-state index in [1.54, 1.807) is 0 Å². The van der Waals surface area contributed by atoms with Crippen LogP contribution in [-0.2, 0) is 17.8 Å². The monoisotopic (exact) mass is 290 g/mol. The second-order valence-electron chi connectivity index (χ2n) is 6.37. The van der Waals surface area contributed by atoms with Crippen LogP contribution in [0.5, 0.6) is 0 Å². The molecule has 1 aromatic heterocycles. The first-order valence-electron chi connectivity index (χ1n) is 8.28. The lowest BCUT2D eigenvalue weighted by Gasteiger charge is -2.30. The molecule has 3 heterocycles. The largest absolute Gasteiger partial charge is 0.350 e. The molecule has 0 unspecified atom stereocenters. The van der Waals surface area contributed by atoms with E-state index in [9.17, 15) is 4.79 Å². The van der Waals surface area contributed by atoms with Crippen LogP contribution < -0.4 is 5.32 Å². The van der Waals surface area contributed by atoms with Gasteiger partial charge in [0.25, 0.3) is 0 Å². The number of carbonyl (C=O) groups excluding carboxylic acids is 1. The van der Waals surface area contributed by atoms with E-state index in [0.717, 1.165) is 38.3 Å². The first-order chi connectivity index (χ1) is 10.2. The number of rotatable bonds is 3. The normalized spacial score (nSPS) is 24.9. The summed E-state index contributed by atoms with van der Waals surface area (Å²) in [7, 11) is 0. The molecule has 0 aromatic carbocycles. The zero-order valence-corrected chi connectivity index (χ0v) is 12.9. The van der Waals surface area contributed by atoms with Crippen LogP contribution in [0.25, 0.3) is 0 Å². The SMILES string of the molecule is C[C@@H](C(=O)N[C@@H]1CCc2nccn2C1)N1CCCCCC1. The van der Waals surface area contributed by atoms with Crippen molar-refractivity contribution >= 4 is 5.91 Å². The first kappa shape index (κ1) is 14.6. The Kier molecular flexibility index (Phi) is 4.58. The van der Waals surface area contributed by atoms with Crippen LogP contribution in [0.4, 0.5) is 0 Å². The summed E-state index contributed by atoms with van der Waals surface area (Å²) in [6, 6.07) is 0.237. The van der Waals surface area contributed by atoms with Crippen LogP contribution in [0.3, 0.4) is 0 Å². The smallest absolute Gasteiger partial charge is 0.237 e. The summed E-state index contributed by atoms with van der Waals surface area (Å²) in [5.41, 5.74) is 0. The van der Waals surface area contributed by atoms with Gasteiger partial charge in [-0.1, -0.05) is 12.8 Å². The van der Waals surface area contributed by atoms with Gasteiger partial charge in [-0.3, -0.25) is 9.69 Å². The predicted molar refractivity (Wildman–Crippen MR) is 82.0 cm³/mol. The van der Waals surface area contributed by atoms with Gasteiger partial charge in [-0.25, -0.2) is 4.98 Å². The van der Waals surface area contributed by atoms with Gasteiger partial charge >= 0.3 is 0 Å². The molecular formula is C16H26N4O. The predicted octanol–water partition coefficient (Wildman–Crippen LogP) is 1.58. The molecule has 0 aliphatic carbocycles. The highest BCUT2D eigenvalue weighted by atomic mass is 16.2. The van der Waals surface area contributed by atoms with Crippen LogP contribution in [0.15, 0.2) is 12.4 Å². The lowest BCUT2D eigenvalue weighted by Crippen LogP contribution is -2.50. The summed E-state index contributed by atoms with van der Waals surface area (Å²) in [4.78, 5) is 19.2. The number of aromatic nitrogens is 2. The molecule has 21 heavy (non-hydrogen) atoms. The number of fused-ring (bicyclic) bond motifs is 1. The highest BCUT2D eigenvalue weighted by molar-refractivity contribution is 5.81. The zero-order chi connectivity index (χ0) is 14.7. The third-order valence-corrected chi connectivity index (χ3v) is 4.85. The van der Waals surface area contributed by atoms with E-state index < -0.39 is 0 Å². The molecule has 1 amide bonds. The third-order valence-electron chi connectivity index (χ3n) is 4.85. The standard InChI is InChI=1S/C16H26N4O/c1-13(19-9-4-2-3-5-10-19)16(21)18-14-6-7-15-17-8-11-20(15)12-14/h8,11,13-14H,2-7,9-10,12H2,1H3,(H,18,21)/t13-,14+/m0/s1. The van der Waals surface area contributed by atoms with Crippen LogP contribution >= 0.6 is 0 Å². The van der Waals surface area contributed by atoms with Crippen molar-refractivity contribution in [2.24, 2.45) is 0 Å². The maximum absolute atomic E-state index is 12.5. The van der Waals surface area contributed by atoms with Crippen LogP contribution in [0.1, 0.15) is 44.9 Å². The summed E-state index contributed by atoms with van der Waals surface area (Å²) in [5.74, 6) is 1.33. The van der Waals surface area contributed by atoms with Gasteiger partial charge in [0.2, 0.25) is 5.91 Å². The van der Waals surface area contributed by atoms with Crippen LogP contribution in [-0.4, -0.2) is 45.5 Å². The Hall–Kier alpha value is -1.36. The molecular weight excluding hydrogens is 264 g/mol. The summed E-state index contributed by atoms with van der Waals surface area (Å²) in [5, 5.41) is 3.24. The maximum atomic E-state index is 12.5. The van der Waals surface area contributed by atoms with Gasteiger partial charge in [-0.15, -0.1) is 0 Å². The molecule has 2 aliphatic heterocycles. The molecule has 5 heteroatoms. The summed E-state index contributed by atoms with van der Waals surface area (Å²) in [6.45, 7) is 5.02. The average molecular weight is 290 g/mol. The molecule has 116 valence electrons. The number of likely N-dealkylation sites (tertiary alicyclic amines) is 1. The minimum absolute atomic E-state index is 0.00714. The minimum atomic E-state index is -0.00714. The van der Waals surface area contributed by atoms with Crippen molar-refractivity contribution in [2.75, 3.05) is 13.1 Å². The Labute approximate surface area is 126 Å². The Balaban J connectivity index is 1.54. The number of aryl methyl sites for hydroxylation is 1. The summed E-state index contributed by atoms with van der Waals surface area (Å²) >= 11 is 0. The molecule has 3 rings (SSSR count). The lowest BCUT2D eigenvalue weighted by atomic mass is 10.1. The fourth-order valence-electron chi connectivity index (χ4n) is 3.45. The van der Waals surface area contributed by atoms with Crippen LogP contribution in [0.2, 0.25) is 0 Å². The molecule has 0 radical (unpaired) electrons. The number of amides is 1. The van der Waals surface area contributed by atoms with Gasteiger partial charge in [-0.2, -0.15) is 0 Å². The fourth-order valence-corrected chi connectivity index (χ4v) is 3.45. The Bertz CT molecular complexity index is 476. The van der Waals surface area contributed by atoms with Crippen molar-refractivity contribution < 1.29 is 4.79 Å². The van der Waals surface area contributed by atoms with Crippen molar-refractivity contribution in [1.29, 1.82) is 0 Å². The Morgan fingerprint density at radius 3 is 2.86 bits per heavy atom. The topological polar surface area (TPSA) is 50.2 Å². The molecule has 1 saturated heterocycles. The Morgan fingerprint density at radius 1 is 1.33 bits per heavy atom. The molecule has 0 bridgehead atoms. The molecule has 2 atom stereocenters. The number of carbonyl (C=O) groups is 1. The second kappa shape index (κ2) is 6.60. The second-order valence-corrected chi connectivity index (χ2v) is 6.37. The minimum Gasteiger partial charge on any atom is -0.350 e. The van der Waals surface area contributed by atoms with E-state index in [-0.39, 0.29) is 18.0 Å². The summed E-state index contributed by atoms with van der Waals surface area (Å²) in [6.07, 6.45) is 10.9. The molecule has 1 aromatic rings. The number of imidazole rings is 1. The van der Waals surface area contributed by atoms with E-state index in [4.69, 9.17) is 0 Å². The van der Waals surface area contributed by atoms with Gasteiger partial charge < -0.3 is 9.88 Å². The zero-order valence-electron chi connectivity index (χ0n) is 12.9. The number of nitrogens with one attached hydrogen (secondary N) is 1. The van der Waals surface area contributed by atoms with E-state index in [1.807, 2.05) is 19.3 Å². The molecule has 2 aliphatic rings. The first-order valence-corrected chi connectivity index (χ1v) is 8.28. The summed E-state index contributed by atoms with van der Waals surface area (Å²) < 4.78 is 2.16. The molecule has 1 fully saturated rings. The fraction of sp³-hybridized carbons (Fsp3) is 0.750. The average Bonchev–Trinajstić information content (AvgIpc) is 2.78. The molecule has 0 saturated carbocycles. The van der Waals surface area contributed by atoms with Crippen molar-refractivity contribution in [1.82, 2.24) is 19.8 Å². The van der Waals surface area contributed by atoms with Crippen molar-refractivity contribution in [3.8, 4) is 0 Å². The Morgan fingerprint density at radius 2 is 2.10 bits per heavy atom. The van der Waals surface area contributed by atoms with E-state index in [0.29, 0.717) is 0 Å². The van der Waals surface area contributed by atoms with Crippen LogP contribution in [0, 0.1) is 0 Å². The van der Waals surface area contributed by atoms with Gasteiger partial charge in [0, 0.05) is 31.4 Å². The van der Waals surface area contributed by atoms with E-state index in [1.165, 1.54) is 25.7 Å². The highest BCUT2D eigenvalue weighted by Gasteiger charge is 2.26. The lowest BCUT2D eigenvalue weighted by molar-refractivity contribution is -0.126. The third kappa shape index (κ3) is 3.46. The molecule has 5 nitrogen and oxygen atoms in total.